The Morgan fingerprint density at radius 2 is 2.10 bits per heavy atom. The van der Waals surface area contributed by atoms with Crippen LogP contribution in [0.2, 0.25) is 0 Å². The van der Waals surface area contributed by atoms with Crippen LogP contribution in [0, 0.1) is 5.82 Å². The molecule has 5 rings (SSSR count). The lowest BCUT2D eigenvalue weighted by Crippen LogP contribution is -2.50. The van der Waals surface area contributed by atoms with Gasteiger partial charge in [-0.15, -0.1) is 0 Å². The Balaban J connectivity index is 1.40. The zero-order chi connectivity index (χ0) is 20.7. The SMILES string of the molecule is CN1CCN(C2CCc3nn(-c4ncc(F)c(C5CNCCO5)n4)c(O)c3C2)CC1. The van der Waals surface area contributed by atoms with Crippen molar-refractivity contribution in [3.05, 3.63) is 29.0 Å². The molecule has 162 valence electrons. The first-order valence-corrected chi connectivity index (χ1v) is 10.7. The Morgan fingerprint density at radius 3 is 2.87 bits per heavy atom. The predicted molar refractivity (Wildman–Crippen MR) is 107 cm³/mol. The number of piperazine rings is 1. The lowest BCUT2D eigenvalue weighted by molar-refractivity contribution is 0.0225. The maximum atomic E-state index is 14.3. The Labute approximate surface area is 174 Å². The molecule has 10 heteroatoms. The minimum absolute atomic E-state index is 0.0593. The van der Waals surface area contributed by atoms with Gasteiger partial charge in [0.25, 0.3) is 5.95 Å². The third-order valence-corrected chi connectivity index (χ3v) is 6.43. The summed E-state index contributed by atoms with van der Waals surface area (Å²) in [5.41, 5.74) is 1.92. The summed E-state index contributed by atoms with van der Waals surface area (Å²) in [7, 11) is 2.15. The molecule has 0 bridgehead atoms. The number of hydrogen-bond donors (Lipinski definition) is 2. The normalized spacial score (nSPS) is 25.9. The van der Waals surface area contributed by atoms with Gasteiger partial charge >= 0.3 is 0 Å². The highest BCUT2D eigenvalue weighted by atomic mass is 19.1. The molecular formula is C20H28FN7O2. The second kappa shape index (κ2) is 8.18. The zero-order valence-electron chi connectivity index (χ0n) is 17.2. The van der Waals surface area contributed by atoms with Gasteiger partial charge < -0.3 is 20.1 Å². The van der Waals surface area contributed by atoms with E-state index in [0.29, 0.717) is 19.2 Å². The van der Waals surface area contributed by atoms with Crippen LogP contribution in [0.1, 0.15) is 29.5 Å². The molecule has 2 aromatic heterocycles. The molecule has 2 saturated heterocycles. The van der Waals surface area contributed by atoms with Crippen molar-refractivity contribution in [2.75, 3.05) is 52.9 Å². The van der Waals surface area contributed by atoms with Crippen LogP contribution in [0.15, 0.2) is 6.20 Å². The fourth-order valence-electron chi connectivity index (χ4n) is 4.61. The van der Waals surface area contributed by atoms with Crippen LogP contribution in [0.4, 0.5) is 4.39 Å². The molecular weight excluding hydrogens is 389 g/mol. The highest BCUT2D eigenvalue weighted by Crippen LogP contribution is 2.32. The van der Waals surface area contributed by atoms with Gasteiger partial charge in [0.15, 0.2) is 5.82 Å². The summed E-state index contributed by atoms with van der Waals surface area (Å²) in [4.78, 5) is 13.3. The van der Waals surface area contributed by atoms with Gasteiger partial charge in [0.1, 0.15) is 11.8 Å². The van der Waals surface area contributed by atoms with E-state index in [1.807, 2.05) is 0 Å². The van der Waals surface area contributed by atoms with E-state index >= 15 is 0 Å². The molecule has 2 atom stereocenters. The summed E-state index contributed by atoms with van der Waals surface area (Å²) in [5.74, 6) is -0.285. The zero-order valence-corrected chi connectivity index (χ0v) is 17.2. The van der Waals surface area contributed by atoms with Gasteiger partial charge in [-0.2, -0.15) is 9.78 Å². The second-order valence-electron chi connectivity index (χ2n) is 8.36. The standard InChI is InChI=1S/C20H28FN7O2/c1-26-5-7-27(8-6-26)13-2-3-16-14(10-13)19(29)28(25-16)20-23-11-15(21)18(24-20)17-12-22-4-9-30-17/h11,13,17,22,29H,2-10,12H2,1H3. The smallest absolute Gasteiger partial charge is 0.254 e. The second-order valence-corrected chi connectivity index (χ2v) is 8.36. The van der Waals surface area contributed by atoms with E-state index < -0.39 is 11.9 Å². The number of halogens is 1. The number of fused-ring (bicyclic) bond motifs is 1. The number of morpholine rings is 1. The first-order valence-electron chi connectivity index (χ1n) is 10.7. The molecule has 0 saturated carbocycles. The largest absolute Gasteiger partial charge is 0.493 e. The van der Waals surface area contributed by atoms with Crippen molar-refractivity contribution in [3.8, 4) is 11.8 Å². The van der Waals surface area contributed by atoms with E-state index in [1.54, 1.807) is 0 Å². The molecule has 0 radical (unpaired) electrons. The molecule has 9 nitrogen and oxygen atoms in total. The molecule has 2 unspecified atom stereocenters. The van der Waals surface area contributed by atoms with E-state index in [0.717, 1.165) is 69.4 Å². The van der Waals surface area contributed by atoms with Crippen LogP contribution in [-0.2, 0) is 17.6 Å². The van der Waals surface area contributed by atoms with Crippen LogP contribution >= 0.6 is 0 Å². The summed E-state index contributed by atoms with van der Waals surface area (Å²) in [5, 5.41) is 18.7. The highest BCUT2D eigenvalue weighted by molar-refractivity contribution is 5.38. The van der Waals surface area contributed by atoms with Crippen molar-refractivity contribution in [1.29, 1.82) is 0 Å². The molecule has 4 heterocycles. The average Bonchev–Trinajstić information content (AvgIpc) is 3.11. The maximum Gasteiger partial charge on any atom is 0.254 e. The summed E-state index contributed by atoms with van der Waals surface area (Å²) in [6.45, 7) is 5.95. The van der Waals surface area contributed by atoms with Crippen molar-refractivity contribution in [3.63, 3.8) is 0 Å². The lowest BCUT2D eigenvalue weighted by atomic mass is 9.91. The average molecular weight is 417 g/mol. The van der Waals surface area contributed by atoms with Gasteiger partial charge in [-0.3, -0.25) is 4.90 Å². The fourth-order valence-corrected chi connectivity index (χ4v) is 4.61. The first-order chi connectivity index (χ1) is 14.6. The molecule has 0 aromatic carbocycles. The summed E-state index contributed by atoms with van der Waals surface area (Å²) in [6.07, 6.45) is 3.23. The molecule has 1 aliphatic carbocycles. The third kappa shape index (κ3) is 3.68. The van der Waals surface area contributed by atoms with E-state index in [-0.39, 0.29) is 17.5 Å². The molecule has 0 spiro atoms. The summed E-state index contributed by atoms with van der Waals surface area (Å²) >= 11 is 0. The number of aromatic nitrogens is 4. The van der Waals surface area contributed by atoms with Crippen LogP contribution in [0.3, 0.4) is 0 Å². The molecule has 30 heavy (non-hydrogen) atoms. The third-order valence-electron chi connectivity index (χ3n) is 6.43. The first kappa shape index (κ1) is 19.8. The van der Waals surface area contributed by atoms with Gasteiger partial charge in [0.05, 0.1) is 18.5 Å². The van der Waals surface area contributed by atoms with Crippen molar-refractivity contribution in [1.82, 2.24) is 34.9 Å². The van der Waals surface area contributed by atoms with Gasteiger partial charge in [-0.05, 0) is 26.3 Å². The van der Waals surface area contributed by atoms with Crippen LogP contribution < -0.4 is 5.32 Å². The number of ether oxygens (including phenoxy) is 1. The van der Waals surface area contributed by atoms with Crippen molar-refractivity contribution >= 4 is 0 Å². The van der Waals surface area contributed by atoms with Gasteiger partial charge in [-0.25, -0.2) is 14.4 Å². The van der Waals surface area contributed by atoms with Crippen LogP contribution in [0.25, 0.3) is 5.95 Å². The Bertz CT molecular complexity index is 907. The summed E-state index contributed by atoms with van der Waals surface area (Å²) < 4.78 is 21.3. The van der Waals surface area contributed by atoms with Gasteiger partial charge in [0.2, 0.25) is 5.88 Å². The molecule has 2 N–H and O–H groups in total. The van der Waals surface area contributed by atoms with Crippen molar-refractivity contribution < 1.29 is 14.2 Å². The lowest BCUT2D eigenvalue weighted by Gasteiger charge is -2.39. The number of aryl methyl sites for hydroxylation is 1. The van der Waals surface area contributed by atoms with Crippen LogP contribution in [-0.4, -0.2) is 93.6 Å². The van der Waals surface area contributed by atoms with Crippen LogP contribution in [0.5, 0.6) is 5.88 Å². The van der Waals surface area contributed by atoms with Crippen molar-refractivity contribution in [2.24, 2.45) is 0 Å². The number of aromatic hydroxyl groups is 1. The van der Waals surface area contributed by atoms with E-state index in [4.69, 9.17) is 4.74 Å². The Morgan fingerprint density at radius 1 is 1.27 bits per heavy atom. The van der Waals surface area contributed by atoms with Gasteiger partial charge in [0, 0.05) is 50.9 Å². The van der Waals surface area contributed by atoms with E-state index in [2.05, 4.69) is 37.2 Å². The molecule has 3 aliphatic rings. The minimum Gasteiger partial charge on any atom is -0.493 e. The van der Waals surface area contributed by atoms with Gasteiger partial charge in [-0.1, -0.05) is 0 Å². The quantitative estimate of drug-likeness (QED) is 0.736. The molecule has 2 aromatic rings. The minimum atomic E-state index is -0.515. The highest BCUT2D eigenvalue weighted by Gasteiger charge is 2.32. The number of likely N-dealkylation sites (N-methyl/N-ethyl adjacent to an activating group) is 1. The Hall–Kier alpha value is -2.14. The molecule has 2 fully saturated rings. The van der Waals surface area contributed by atoms with E-state index in [1.165, 1.54) is 4.68 Å². The number of nitrogens with zero attached hydrogens (tertiary/aromatic N) is 6. The summed E-state index contributed by atoms with van der Waals surface area (Å²) in [6, 6.07) is 0.404. The number of rotatable bonds is 3. The number of nitrogens with one attached hydrogen (secondary N) is 1. The maximum absolute atomic E-state index is 14.3. The van der Waals surface area contributed by atoms with Crippen molar-refractivity contribution in [2.45, 2.75) is 31.4 Å². The molecule has 0 amide bonds. The topological polar surface area (TPSA) is 91.6 Å². The molecule has 2 aliphatic heterocycles. The predicted octanol–water partition coefficient (Wildman–Crippen LogP) is 0.273. The monoisotopic (exact) mass is 417 g/mol. The Kier molecular flexibility index (Phi) is 5.40. The van der Waals surface area contributed by atoms with E-state index in [9.17, 15) is 9.50 Å². The number of hydrogen-bond acceptors (Lipinski definition) is 8. The fraction of sp³-hybridized carbons (Fsp3) is 0.650.